The van der Waals surface area contributed by atoms with Crippen molar-refractivity contribution in [3.63, 3.8) is 0 Å². The third kappa shape index (κ3) is 3.83. The van der Waals surface area contributed by atoms with E-state index in [1.165, 1.54) is 0 Å². The second-order valence-electron chi connectivity index (χ2n) is 8.67. The SMILES string of the molecule is Cc1ccc(C(=O)NC2CC2)cc1-n1cnc2c(NCC(C)(C)C)ncnc21. The van der Waals surface area contributed by atoms with Gasteiger partial charge in [-0.25, -0.2) is 15.0 Å². The minimum absolute atomic E-state index is 0.0321. The maximum atomic E-state index is 12.5. The molecule has 7 nitrogen and oxygen atoms in total. The third-order valence-corrected chi connectivity index (χ3v) is 4.76. The van der Waals surface area contributed by atoms with Gasteiger partial charge in [0.25, 0.3) is 5.91 Å². The summed E-state index contributed by atoms with van der Waals surface area (Å²) in [6.45, 7) is 9.29. The van der Waals surface area contributed by atoms with Crippen molar-refractivity contribution in [2.75, 3.05) is 11.9 Å². The molecular formula is C21H26N6O. The molecule has 1 aliphatic carbocycles. The van der Waals surface area contributed by atoms with Gasteiger partial charge in [0, 0.05) is 18.2 Å². The lowest BCUT2D eigenvalue weighted by Crippen LogP contribution is -2.25. The molecule has 2 N–H and O–H groups in total. The molecular weight excluding hydrogens is 352 g/mol. The van der Waals surface area contributed by atoms with Gasteiger partial charge in [0.05, 0.1) is 5.69 Å². The van der Waals surface area contributed by atoms with Gasteiger partial charge >= 0.3 is 0 Å². The Kier molecular flexibility index (Phi) is 4.53. The number of anilines is 1. The third-order valence-electron chi connectivity index (χ3n) is 4.76. The largest absolute Gasteiger partial charge is 0.368 e. The summed E-state index contributed by atoms with van der Waals surface area (Å²) in [7, 11) is 0. The quantitative estimate of drug-likeness (QED) is 0.710. The number of nitrogens with zero attached hydrogens (tertiary/aromatic N) is 4. The van der Waals surface area contributed by atoms with Crippen molar-refractivity contribution in [2.45, 2.75) is 46.6 Å². The highest BCUT2D eigenvalue weighted by Gasteiger charge is 2.24. The molecule has 1 amide bonds. The number of aromatic nitrogens is 4. The molecule has 0 atom stereocenters. The van der Waals surface area contributed by atoms with Crippen LogP contribution in [-0.4, -0.2) is 38.0 Å². The van der Waals surface area contributed by atoms with E-state index in [0.717, 1.165) is 42.0 Å². The fourth-order valence-electron chi connectivity index (χ4n) is 3.00. The molecule has 4 rings (SSSR count). The molecule has 2 aromatic heterocycles. The van der Waals surface area contributed by atoms with Crippen LogP contribution in [0.3, 0.4) is 0 Å². The fourth-order valence-corrected chi connectivity index (χ4v) is 3.00. The maximum absolute atomic E-state index is 12.5. The van der Waals surface area contributed by atoms with Crippen molar-refractivity contribution in [1.82, 2.24) is 24.8 Å². The Morgan fingerprint density at radius 1 is 1.21 bits per heavy atom. The van der Waals surface area contributed by atoms with Crippen LogP contribution in [0.25, 0.3) is 16.9 Å². The minimum Gasteiger partial charge on any atom is -0.368 e. The number of hydrogen-bond donors (Lipinski definition) is 2. The van der Waals surface area contributed by atoms with Crippen molar-refractivity contribution >= 4 is 22.9 Å². The van der Waals surface area contributed by atoms with Crippen LogP contribution in [0.15, 0.2) is 30.9 Å². The summed E-state index contributed by atoms with van der Waals surface area (Å²) in [5.41, 5.74) is 4.15. The summed E-state index contributed by atoms with van der Waals surface area (Å²) in [5, 5.41) is 6.41. The first kappa shape index (κ1) is 18.4. The number of fused-ring (bicyclic) bond motifs is 1. The van der Waals surface area contributed by atoms with E-state index in [1.807, 2.05) is 29.7 Å². The molecule has 1 saturated carbocycles. The first-order valence-corrected chi connectivity index (χ1v) is 9.66. The van der Waals surface area contributed by atoms with Crippen LogP contribution in [-0.2, 0) is 0 Å². The molecule has 28 heavy (non-hydrogen) atoms. The Morgan fingerprint density at radius 2 is 2.00 bits per heavy atom. The molecule has 0 saturated heterocycles. The molecule has 3 aromatic rings. The predicted octanol–water partition coefficient (Wildman–Crippen LogP) is 3.47. The normalized spacial score (nSPS) is 14.3. The van der Waals surface area contributed by atoms with Crippen LogP contribution in [0.2, 0.25) is 0 Å². The fraction of sp³-hybridized carbons (Fsp3) is 0.429. The first-order valence-electron chi connectivity index (χ1n) is 9.66. The highest BCUT2D eigenvalue weighted by molar-refractivity contribution is 5.95. The number of rotatable bonds is 5. The van der Waals surface area contributed by atoms with Crippen LogP contribution in [0.1, 0.15) is 49.5 Å². The van der Waals surface area contributed by atoms with E-state index in [1.54, 1.807) is 12.7 Å². The summed E-state index contributed by atoms with van der Waals surface area (Å²) < 4.78 is 1.92. The Balaban J connectivity index is 1.70. The average Bonchev–Trinajstić information content (AvgIpc) is 3.35. The number of hydrogen-bond acceptors (Lipinski definition) is 5. The summed E-state index contributed by atoms with van der Waals surface area (Å²) in [6.07, 6.45) is 5.42. The Labute approximate surface area is 164 Å². The summed E-state index contributed by atoms with van der Waals surface area (Å²) >= 11 is 0. The van der Waals surface area contributed by atoms with E-state index < -0.39 is 0 Å². The molecule has 2 heterocycles. The highest BCUT2D eigenvalue weighted by Crippen LogP contribution is 2.25. The Hall–Kier alpha value is -2.96. The molecule has 0 unspecified atom stereocenters. The number of nitrogens with one attached hydrogen (secondary N) is 2. The summed E-state index contributed by atoms with van der Waals surface area (Å²) in [5.74, 6) is 0.689. The maximum Gasteiger partial charge on any atom is 0.251 e. The van der Waals surface area contributed by atoms with Crippen LogP contribution in [0, 0.1) is 12.3 Å². The van der Waals surface area contributed by atoms with Gasteiger partial charge < -0.3 is 10.6 Å². The summed E-state index contributed by atoms with van der Waals surface area (Å²) in [6, 6.07) is 6.05. The second kappa shape index (κ2) is 6.89. The molecule has 0 aliphatic heterocycles. The van der Waals surface area contributed by atoms with Crippen molar-refractivity contribution in [3.05, 3.63) is 42.0 Å². The van der Waals surface area contributed by atoms with Crippen LogP contribution >= 0.6 is 0 Å². The van der Waals surface area contributed by atoms with Crippen molar-refractivity contribution in [1.29, 1.82) is 0 Å². The number of carbonyl (C=O) groups is 1. The highest BCUT2D eigenvalue weighted by atomic mass is 16.1. The van der Waals surface area contributed by atoms with Gasteiger partial charge in [-0.1, -0.05) is 26.8 Å². The van der Waals surface area contributed by atoms with Crippen molar-refractivity contribution in [3.8, 4) is 5.69 Å². The van der Waals surface area contributed by atoms with Crippen LogP contribution in [0.5, 0.6) is 0 Å². The van der Waals surface area contributed by atoms with Gasteiger partial charge in [-0.15, -0.1) is 0 Å². The molecule has 1 aliphatic rings. The average molecular weight is 378 g/mol. The topological polar surface area (TPSA) is 84.7 Å². The summed E-state index contributed by atoms with van der Waals surface area (Å²) in [4.78, 5) is 25.8. The molecule has 0 radical (unpaired) electrons. The van der Waals surface area contributed by atoms with E-state index >= 15 is 0 Å². The monoisotopic (exact) mass is 378 g/mol. The standard InChI is InChI=1S/C21H26N6O/c1-13-5-6-14(20(28)26-15-7-8-15)9-16(13)27-12-25-17-18(22-10-21(2,3)4)23-11-24-19(17)27/h5-6,9,11-12,15H,7-8,10H2,1-4H3,(H,26,28)(H,22,23,24). The van der Waals surface area contributed by atoms with E-state index in [-0.39, 0.29) is 11.3 Å². The number of amides is 1. The predicted molar refractivity (Wildman–Crippen MR) is 110 cm³/mol. The van der Waals surface area contributed by atoms with Crippen LogP contribution < -0.4 is 10.6 Å². The number of imidazole rings is 1. The van der Waals surface area contributed by atoms with Gasteiger partial charge in [-0.05, 0) is 42.9 Å². The minimum atomic E-state index is -0.0321. The zero-order valence-corrected chi connectivity index (χ0v) is 16.8. The number of aryl methyl sites for hydroxylation is 1. The lowest BCUT2D eigenvalue weighted by atomic mass is 9.97. The van der Waals surface area contributed by atoms with E-state index in [0.29, 0.717) is 17.3 Å². The van der Waals surface area contributed by atoms with Gasteiger partial charge in [-0.2, -0.15) is 0 Å². The molecule has 7 heteroatoms. The zero-order valence-electron chi connectivity index (χ0n) is 16.8. The van der Waals surface area contributed by atoms with Crippen molar-refractivity contribution < 1.29 is 4.79 Å². The van der Waals surface area contributed by atoms with Crippen LogP contribution in [0.4, 0.5) is 5.82 Å². The molecule has 146 valence electrons. The first-order chi connectivity index (χ1) is 13.3. The number of benzene rings is 1. The molecule has 1 aromatic carbocycles. The van der Waals surface area contributed by atoms with E-state index in [2.05, 4.69) is 46.4 Å². The van der Waals surface area contributed by atoms with E-state index in [9.17, 15) is 4.79 Å². The van der Waals surface area contributed by atoms with E-state index in [4.69, 9.17) is 0 Å². The van der Waals surface area contributed by atoms with Crippen molar-refractivity contribution in [2.24, 2.45) is 5.41 Å². The zero-order chi connectivity index (χ0) is 19.9. The van der Waals surface area contributed by atoms with Gasteiger partial charge in [0.2, 0.25) is 0 Å². The molecule has 0 bridgehead atoms. The molecule has 1 fully saturated rings. The second-order valence-corrected chi connectivity index (χ2v) is 8.67. The lowest BCUT2D eigenvalue weighted by Gasteiger charge is -2.19. The Bertz CT molecular complexity index is 1030. The molecule has 0 spiro atoms. The number of carbonyl (C=O) groups excluding carboxylic acids is 1. The Morgan fingerprint density at radius 3 is 2.71 bits per heavy atom. The van der Waals surface area contributed by atoms with Gasteiger partial charge in [0.1, 0.15) is 12.7 Å². The lowest BCUT2D eigenvalue weighted by molar-refractivity contribution is 0.0951. The smallest absolute Gasteiger partial charge is 0.251 e. The van der Waals surface area contributed by atoms with Gasteiger partial charge in [0.15, 0.2) is 17.0 Å². The van der Waals surface area contributed by atoms with Gasteiger partial charge in [-0.3, -0.25) is 9.36 Å².